The summed E-state index contributed by atoms with van der Waals surface area (Å²) in [5, 5.41) is 10.3. The Morgan fingerprint density at radius 2 is 2.00 bits per heavy atom. The third-order valence-corrected chi connectivity index (χ3v) is 6.97. The number of carbonyl (C=O) groups is 1. The molecule has 4 heterocycles. The van der Waals surface area contributed by atoms with Crippen LogP contribution in [0.25, 0.3) is 15.8 Å². The van der Waals surface area contributed by atoms with Crippen LogP contribution in [-0.2, 0) is 25.7 Å². The number of fused-ring (bicyclic) bond motifs is 3. The Balaban J connectivity index is 1.33. The molecule has 1 amide bonds. The maximum absolute atomic E-state index is 12.7. The van der Waals surface area contributed by atoms with Crippen molar-refractivity contribution < 1.29 is 27.8 Å². The molecule has 11 heteroatoms. The molecule has 180 valence electrons. The van der Waals surface area contributed by atoms with Crippen LogP contribution in [-0.4, -0.2) is 32.2 Å². The minimum atomic E-state index is -4.51. The highest BCUT2D eigenvalue weighted by Crippen LogP contribution is 2.36. The number of hydrogen-bond acceptors (Lipinski definition) is 5. The number of benzene rings is 1. The van der Waals surface area contributed by atoms with Crippen molar-refractivity contribution in [2.24, 2.45) is 0 Å². The van der Waals surface area contributed by atoms with E-state index < -0.39 is 18.0 Å². The Morgan fingerprint density at radius 3 is 2.69 bits per heavy atom. The van der Waals surface area contributed by atoms with Gasteiger partial charge in [0.2, 0.25) is 0 Å². The van der Waals surface area contributed by atoms with E-state index in [1.54, 1.807) is 12.3 Å². The molecular formula is C24H18F3N3O4S. The van der Waals surface area contributed by atoms with E-state index in [1.807, 2.05) is 18.2 Å². The van der Waals surface area contributed by atoms with E-state index in [0.717, 1.165) is 32.8 Å². The molecule has 0 saturated carbocycles. The largest absolute Gasteiger partial charge is 0.489 e. The number of halogens is 3. The third kappa shape index (κ3) is 4.59. The van der Waals surface area contributed by atoms with Gasteiger partial charge in [0.15, 0.2) is 0 Å². The Hall–Kier alpha value is -3.86. The lowest BCUT2D eigenvalue weighted by Crippen LogP contribution is -2.33. The van der Waals surface area contributed by atoms with Crippen molar-refractivity contribution in [3.05, 3.63) is 86.9 Å². The molecule has 1 aromatic carbocycles. The fraction of sp³-hybridized carbons (Fsp3) is 0.208. The first kappa shape index (κ1) is 22.9. The summed E-state index contributed by atoms with van der Waals surface area (Å²) in [5.74, 6) is 0.285. The SMILES string of the molecule is O=C(O)N1CCc2c(sc3cc(-n4ccc(OCc5ccc(C(F)(F)F)nc5)cc4=O)ccc23)C1. The lowest BCUT2D eigenvalue weighted by molar-refractivity contribution is -0.141. The van der Waals surface area contributed by atoms with Crippen LogP contribution in [0.5, 0.6) is 5.75 Å². The summed E-state index contributed by atoms with van der Waals surface area (Å²) in [6, 6.07) is 10.8. The first-order valence-corrected chi connectivity index (χ1v) is 11.4. The zero-order valence-electron chi connectivity index (χ0n) is 18.1. The minimum Gasteiger partial charge on any atom is -0.489 e. The summed E-state index contributed by atoms with van der Waals surface area (Å²) in [7, 11) is 0. The maximum atomic E-state index is 12.7. The van der Waals surface area contributed by atoms with Gasteiger partial charge in [-0.15, -0.1) is 11.3 Å². The van der Waals surface area contributed by atoms with Gasteiger partial charge in [0, 0.05) is 40.1 Å². The second kappa shape index (κ2) is 8.73. The molecular weight excluding hydrogens is 483 g/mol. The second-order valence-corrected chi connectivity index (χ2v) is 9.18. The van der Waals surface area contributed by atoms with Crippen LogP contribution < -0.4 is 10.3 Å². The van der Waals surface area contributed by atoms with Crippen molar-refractivity contribution in [3.8, 4) is 11.4 Å². The van der Waals surface area contributed by atoms with Crippen LogP contribution in [0, 0.1) is 0 Å². The number of aromatic nitrogens is 2. The zero-order valence-corrected chi connectivity index (χ0v) is 18.9. The van der Waals surface area contributed by atoms with E-state index in [9.17, 15) is 27.9 Å². The molecule has 0 saturated heterocycles. The van der Waals surface area contributed by atoms with Crippen LogP contribution in [0.15, 0.2) is 59.7 Å². The lowest BCUT2D eigenvalue weighted by atomic mass is 10.0. The smallest absolute Gasteiger partial charge is 0.433 e. The summed E-state index contributed by atoms with van der Waals surface area (Å²) in [6.07, 6.45) is -2.12. The second-order valence-electron chi connectivity index (χ2n) is 8.05. The Labute approximate surface area is 200 Å². The van der Waals surface area contributed by atoms with Crippen molar-refractivity contribution in [2.75, 3.05) is 6.54 Å². The van der Waals surface area contributed by atoms with Gasteiger partial charge in [-0.2, -0.15) is 13.2 Å². The van der Waals surface area contributed by atoms with E-state index in [0.29, 0.717) is 30.8 Å². The number of carboxylic acid groups (broad SMARTS) is 1. The Morgan fingerprint density at radius 1 is 1.17 bits per heavy atom. The van der Waals surface area contributed by atoms with Gasteiger partial charge < -0.3 is 14.7 Å². The topological polar surface area (TPSA) is 84.7 Å². The number of nitrogens with zero attached hydrogens (tertiary/aromatic N) is 3. The molecule has 35 heavy (non-hydrogen) atoms. The Kier molecular flexibility index (Phi) is 5.72. The number of ether oxygens (including phenoxy) is 1. The number of amides is 1. The van der Waals surface area contributed by atoms with E-state index in [-0.39, 0.29) is 17.9 Å². The molecule has 1 aliphatic heterocycles. The van der Waals surface area contributed by atoms with Gasteiger partial charge in [0.25, 0.3) is 5.56 Å². The summed E-state index contributed by atoms with van der Waals surface area (Å²) in [4.78, 5) is 29.8. The molecule has 0 radical (unpaired) electrons. The maximum Gasteiger partial charge on any atom is 0.433 e. The molecule has 1 aliphatic rings. The molecule has 3 aromatic heterocycles. The van der Waals surface area contributed by atoms with Gasteiger partial charge in [-0.05, 0) is 41.6 Å². The van der Waals surface area contributed by atoms with Crippen LogP contribution >= 0.6 is 11.3 Å². The molecule has 4 aromatic rings. The average Bonchev–Trinajstić information content (AvgIpc) is 3.19. The molecule has 0 aliphatic carbocycles. The summed E-state index contributed by atoms with van der Waals surface area (Å²) >= 11 is 1.53. The number of hydrogen-bond donors (Lipinski definition) is 1. The highest BCUT2D eigenvalue weighted by molar-refractivity contribution is 7.19. The van der Waals surface area contributed by atoms with E-state index >= 15 is 0 Å². The molecule has 0 spiro atoms. The highest BCUT2D eigenvalue weighted by atomic mass is 32.1. The lowest BCUT2D eigenvalue weighted by Gasteiger charge is -2.23. The van der Waals surface area contributed by atoms with Crippen LogP contribution in [0.3, 0.4) is 0 Å². The molecule has 0 unspecified atom stereocenters. The van der Waals surface area contributed by atoms with Gasteiger partial charge in [-0.3, -0.25) is 14.3 Å². The highest BCUT2D eigenvalue weighted by Gasteiger charge is 2.32. The van der Waals surface area contributed by atoms with E-state index in [1.165, 1.54) is 32.9 Å². The van der Waals surface area contributed by atoms with E-state index in [4.69, 9.17) is 4.74 Å². The normalized spacial score (nSPS) is 13.6. The average molecular weight is 501 g/mol. The molecule has 0 bridgehead atoms. The van der Waals surface area contributed by atoms with Crippen LogP contribution in [0.2, 0.25) is 0 Å². The van der Waals surface area contributed by atoms with Gasteiger partial charge in [-0.25, -0.2) is 4.79 Å². The van der Waals surface area contributed by atoms with Crippen LogP contribution in [0.1, 0.15) is 21.7 Å². The molecule has 0 fully saturated rings. The number of alkyl halides is 3. The zero-order chi connectivity index (χ0) is 24.7. The number of thiophene rings is 1. The summed E-state index contributed by atoms with van der Waals surface area (Å²) < 4.78 is 45.9. The molecule has 5 rings (SSSR count). The van der Waals surface area contributed by atoms with Crippen molar-refractivity contribution in [1.29, 1.82) is 0 Å². The number of rotatable bonds is 4. The van der Waals surface area contributed by atoms with Crippen molar-refractivity contribution in [2.45, 2.75) is 25.7 Å². The molecule has 7 nitrogen and oxygen atoms in total. The predicted molar refractivity (Wildman–Crippen MR) is 123 cm³/mol. The minimum absolute atomic E-state index is 0.0331. The Bertz CT molecular complexity index is 1480. The van der Waals surface area contributed by atoms with Gasteiger partial charge in [0.1, 0.15) is 18.1 Å². The molecule has 0 atom stereocenters. The fourth-order valence-corrected chi connectivity index (χ4v) is 5.31. The van der Waals surface area contributed by atoms with Gasteiger partial charge >= 0.3 is 12.3 Å². The standard InChI is InChI=1S/C24H18F3N3O4S/c25-24(26,27)21-4-1-14(11-28-21)13-34-16-5-8-30(22(31)10-16)15-2-3-17-18-6-7-29(23(32)33)12-20(18)35-19(17)9-15/h1-5,8-11H,6-7,12-13H2,(H,32,33). The quantitative estimate of drug-likeness (QED) is 0.422. The monoisotopic (exact) mass is 501 g/mol. The predicted octanol–water partition coefficient (Wildman–Crippen LogP) is 5.08. The number of pyridine rings is 2. The van der Waals surface area contributed by atoms with Crippen molar-refractivity contribution >= 4 is 27.5 Å². The summed E-state index contributed by atoms with van der Waals surface area (Å²) in [6.45, 7) is 0.786. The van der Waals surface area contributed by atoms with E-state index in [2.05, 4.69) is 4.98 Å². The third-order valence-electron chi connectivity index (χ3n) is 5.79. The van der Waals surface area contributed by atoms with Crippen LogP contribution in [0.4, 0.5) is 18.0 Å². The molecule has 1 N–H and O–H groups in total. The van der Waals surface area contributed by atoms with Crippen molar-refractivity contribution in [1.82, 2.24) is 14.5 Å². The first-order valence-electron chi connectivity index (χ1n) is 10.6. The van der Waals surface area contributed by atoms with Gasteiger partial charge in [0.05, 0.1) is 12.2 Å². The van der Waals surface area contributed by atoms with Crippen molar-refractivity contribution in [3.63, 3.8) is 0 Å². The first-order chi connectivity index (χ1) is 16.7. The summed E-state index contributed by atoms with van der Waals surface area (Å²) in [5.41, 5.74) is 0.950. The fourth-order valence-electron chi connectivity index (χ4n) is 4.01. The van der Waals surface area contributed by atoms with Gasteiger partial charge in [-0.1, -0.05) is 12.1 Å².